The molecule has 2 aromatic rings. The second-order valence-corrected chi connectivity index (χ2v) is 7.99. The van der Waals surface area contributed by atoms with E-state index in [4.69, 9.17) is 0 Å². The number of amides is 1. The van der Waals surface area contributed by atoms with Gasteiger partial charge < -0.3 is 5.32 Å². The van der Waals surface area contributed by atoms with Crippen LogP contribution in [-0.4, -0.2) is 5.91 Å². The van der Waals surface area contributed by atoms with Crippen LogP contribution in [-0.2, 0) is 11.2 Å². The topological polar surface area (TPSA) is 29.1 Å². The molecule has 1 aliphatic heterocycles. The molecule has 0 saturated carbocycles. The Balaban J connectivity index is 1.97. The lowest BCUT2D eigenvalue weighted by atomic mass is 9.97. The van der Waals surface area contributed by atoms with Crippen molar-refractivity contribution in [3.63, 3.8) is 0 Å². The van der Waals surface area contributed by atoms with Crippen LogP contribution in [0.2, 0.25) is 0 Å². The number of aryl methyl sites for hydroxylation is 1. The molecule has 1 atom stereocenters. The summed E-state index contributed by atoms with van der Waals surface area (Å²) >= 11 is 9.70. The number of hydrogen-bond acceptors (Lipinski definition) is 1. The zero-order chi connectivity index (χ0) is 15.0. The number of anilines is 1. The second-order valence-electron chi connectivity index (χ2n) is 4.99. The highest BCUT2D eigenvalue weighted by atomic mass is 127. The van der Waals surface area contributed by atoms with Crippen molar-refractivity contribution in [2.45, 2.75) is 17.7 Å². The fraction of sp³-hybridized carbons (Fsp3) is 0.188. The number of alkyl halides is 1. The van der Waals surface area contributed by atoms with Gasteiger partial charge in [0, 0.05) is 20.2 Å². The van der Waals surface area contributed by atoms with Crippen LogP contribution >= 0.6 is 54.5 Å². The number of nitrogens with one attached hydrogen (secondary N) is 1. The molecule has 1 heterocycles. The third kappa shape index (κ3) is 3.35. The van der Waals surface area contributed by atoms with Gasteiger partial charge in [-0.2, -0.15) is 0 Å². The molecule has 1 amide bonds. The van der Waals surface area contributed by atoms with Gasteiger partial charge in [-0.25, -0.2) is 0 Å². The van der Waals surface area contributed by atoms with E-state index < -0.39 is 0 Å². The number of fused-ring (bicyclic) bond motifs is 1. The SMILES string of the molecule is O=C1CCc2cc(C(Br)c3cc(Br)ccc3I)ccc2N1. The van der Waals surface area contributed by atoms with Gasteiger partial charge in [0.15, 0.2) is 0 Å². The first-order valence-electron chi connectivity index (χ1n) is 6.56. The molecule has 0 spiro atoms. The molecular weight excluding hydrogens is 509 g/mol. The van der Waals surface area contributed by atoms with Gasteiger partial charge in [-0.05, 0) is 70.0 Å². The number of carbonyl (C=O) groups is 1. The molecule has 0 bridgehead atoms. The summed E-state index contributed by atoms with van der Waals surface area (Å²) in [6.07, 6.45) is 1.38. The Bertz CT molecular complexity index is 717. The lowest BCUT2D eigenvalue weighted by Crippen LogP contribution is -2.19. The van der Waals surface area contributed by atoms with Gasteiger partial charge in [0.05, 0.1) is 4.83 Å². The average Bonchev–Trinajstić information content (AvgIpc) is 2.48. The largest absolute Gasteiger partial charge is 0.326 e. The molecule has 2 aromatic carbocycles. The Labute approximate surface area is 154 Å². The lowest BCUT2D eigenvalue weighted by Gasteiger charge is -2.20. The van der Waals surface area contributed by atoms with Crippen LogP contribution < -0.4 is 5.32 Å². The van der Waals surface area contributed by atoms with Gasteiger partial charge in [-0.3, -0.25) is 4.79 Å². The standard InChI is InChI=1S/C16H12Br2INO/c17-11-3-4-13(19)12(8-11)16(18)10-1-5-14-9(7-10)2-6-15(21)20-14/h1,3-5,7-8,16H,2,6H2,(H,20,21). The van der Waals surface area contributed by atoms with Crippen molar-refractivity contribution in [1.29, 1.82) is 0 Å². The van der Waals surface area contributed by atoms with Crippen molar-refractivity contribution in [2.75, 3.05) is 5.32 Å². The van der Waals surface area contributed by atoms with Gasteiger partial charge in [0.2, 0.25) is 5.91 Å². The number of halogens is 3. The van der Waals surface area contributed by atoms with Crippen molar-refractivity contribution in [3.8, 4) is 0 Å². The van der Waals surface area contributed by atoms with Gasteiger partial charge in [-0.15, -0.1) is 0 Å². The summed E-state index contributed by atoms with van der Waals surface area (Å²) in [5.74, 6) is 0.104. The quantitative estimate of drug-likeness (QED) is 0.416. The molecule has 0 aliphatic carbocycles. The number of carbonyl (C=O) groups excluding carboxylic acids is 1. The first-order chi connectivity index (χ1) is 10.0. The predicted molar refractivity (Wildman–Crippen MR) is 101 cm³/mol. The van der Waals surface area contributed by atoms with Crippen molar-refractivity contribution in [1.82, 2.24) is 0 Å². The van der Waals surface area contributed by atoms with Crippen LogP contribution in [0.25, 0.3) is 0 Å². The zero-order valence-corrected chi connectivity index (χ0v) is 16.3. The molecule has 5 heteroatoms. The molecule has 1 unspecified atom stereocenters. The molecule has 0 saturated heterocycles. The van der Waals surface area contributed by atoms with E-state index in [1.165, 1.54) is 20.3 Å². The first-order valence-corrected chi connectivity index (χ1v) is 9.35. The van der Waals surface area contributed by atoms with E-state index in [2.05, 4.69) is 84.0 Å². The van der Waals surface area contributed by atoms with Crippen LogP contribution in [0.1, 0.15) is 27.9 Å². The molecule has 21 heavy (non-hydrogen) atoms. The summed E-state index contributed by atoms with van der Waals surface area (Å²) in [5.41, 5.74) is 4.60. The van der Waals surface area contributed by atoms with Crippen LogP contribution in [0, 0.1) is 3.57 Å². The molecule has 1 aliphatic rings. The molecule has 1 N–H and O–H groups in total. The Morgan fingerprint density at radius 1 is 1.14 bits per heavy atom. The third-order valence-electron chi connectivity index (χ3n) is 3.55. The second kappa shape index (κ2) is 6.38. The summed E-state index contributed by atoms with van der Waals surface area (Å²) in [6.45, 7) is 0. The molecule has 0 radical (unpaired) electrons. The monoisotopic (exact) mass is 519 g/mol. The van der Waals surface area contributed by atoms with E-state index in [1.54, 1.807) is 0 Å². The summed E-state index contributed by atoms with van der Waals surface area (Å²) in [6, 6.07) is 12.6. The molecule has 108 valence electrons. The number of benzene rings is 2. The lowest BCUT2D eigenvalue weighted by molar-refractivity contribution is -0.116. The minimum atomic E-state index is 0.104. The summed E-state index contributed by atoms with van der Waals surface area (Å²) in [4.78, 5) is 11.6. The molecule has 0 fully saturated rings. The maximum Gasteiger partial charge on any atom is 0.224 e. The van der Waals surface area contributed by atoms with Crippen molar-refractivity contribution < 1.29 is 4.79 Å². The Morgan fingerprint density at radius 3 is 2.76 bits per heavy atom. The van der Waals surface area contributed by atoms with Gasteiger partial charge in [0.1, 0.15) is 0 Å². The highest BCUT2D eigenvalue weighted by Crippen LogP contribution is 2.37. The van der Waals surface area contributed by atoms with Crippen LogP contribution in [0.3, 0.4) is 0 Å². The fourth-order valence-electron chi connectivity index (χ4n) is 2.45. The number of rotatable bonds is 2. The Kier molecular flexibility index (Phi) is 4.71. The fourth-order valence-corrected chi connectivity index (χ4v) is 4.57. The highest BCUT2D eigenvalue weighted by molar-refractivity contribution is 14.1. The minimum Gasteiger partial charge on any atom is -0.326 e. The minimum absolute atomic E-state index is 0.104. The maximum absolute atomic E-state index is 11.4. The average molecular weight is 521 g/mol. The smallest absolute Gasteiger partial charge is 0.224 e. The van der Waals surface area contributed by atoms with Crippen LogP contribution in [0.15, 0.2) is 40.9 Å². The number of hydrogen-bond donors (Lipinski definition) is 1. The summed E-state index contributed by atoms with van der Waals surface area (Å²) in [5, 5.41) is 2.92. The van der Waals surface area contributed by atoms with Crippen molar-refractivity contribution >= 4 is 66.0 Å². The normalized spacial score (nSPS) is 15.3. The Hall–Kier alpha value is -0.400. The Morgan fingerprint density at radius 2 is 1.95 bits per heavy atom. The summed E-state index contributed by atoms with van der Waals surface area (Å²) < 4.78 is 2.30. The van der Waals surface area contributed by atoms with E-state index in [1.807, 2.05) is 12.1 Å². The van der Waals surface area contributed by atoms with E-state index in [9.17, 15) is 4.79 Å². The molecule has 3 rings (SSSR count). The third-order valence-corrected chi connectivity index (χ3v) is 6.05. The van der Waals surface area contributed by atoms with E-state index >= 15 is 0 Å². The van der Waals surface area contributed by atoms with Crippen LogP contribution in [0.4, 0.5) is 5.69 Å². The van der Waals surface area contributed by atoms with Crippen molar-refractivity contribution in [3.05, 3.63) is 61.1 Å². The van der Waals surface area contributed by atoms with Gasteiger partial charge >= 0.3 is 0 Å². The summed E-state index contributed by atoms with van der Waals surface area (Å²) in [7, 11) is 0. The van der Waals surface area contributed by atoms with E-state index in [0.717, 1.165) is 16.6 Å². The van der Waals surface area contributed by atoms with Crippen molar-refractivity contribution in [2.24, 2.45) is 0 Å². The van der Waals surface area contributed by atoms with Gasteiger partial charge in [0.25, 0.3) is 0 Å². The molecule has 2 nitrogen and oxygen atoms in total. The van der Waals surface area contributed by atoms with Gasteiger partial charge in [-0.1, -0.05) is 44.0 Å². The van der Waals surface area contributed by atoms with E-state index in [-0.39, 0.29) is 10.7 Å². The predicted octanol–water partition coefficient (Wildman–Crippen LogP) is 5.42. The molecule has 0 aromatic heterocycles. The van der Waals surface area contributed by atoms with Crippen LogP contribution in [0.5, 0.6) is 0 Å². The first kappa shape index (κ1) is 15.5. The maximum atomic E-state index is 11.4. The molecular formula is C16H12Br2INO. The highest BCUT2D eigenvalue weighted by Gasteiger charge is 2.19. The van der Waals surface area contributed by atoms with E-state index in [0.29, 0.717) is 6.42 Å². The zero-order valence-electron chi connectivity index (χ0n) is 11.0.